The smallest absolute Gasteiger partial charge is 0.348 e. The van der Waals surface area contributed by atoms with Gasteiger partial charge in [-0.2, -0.15) is 4.98 Å². The van der Waals surface area contributed by atoms with Gasteiger partial charge in [-0.15, -0.1) is 0 Å². The van der Waals surface area contributed by atoms with Crippen molar-refractivity contribution in [2.75, 3.05) is 56.3 Å². The molecule has 0 aliphatic heterocycles. The van der Waals surface area contributed by atoms with Gasteiger partial charge in [0.25, 0.3) is 0 Å². The zero-order valence-electron chi connectivity index (χ0n) is 28.5. The molecule has 2 aliphatic rings. The number of nitrogens with two attached hydrogens (primary N) is 1. The van der Waals surface area contributed by atoms with E-state index in [1.165, 1.54) is 44.9 Å². The second kappa shape index (κ2) is 23.3. The van der Waals surface area contributed by atoms with E-state index in [4.69, 9.17) is 47.9 Å². The Balaban J connectivity index is 0.000000502. The minimum absolute atomic E-state index is 0. The van der Waals surface area contributed by atoms with Gasteiger partial charge >= 0.3 is 5.69 Å². The Morgan fingerprint density at radius 1 is 0.750 bits per heavy atom. The van der Waals surface area contributed by atoms with Crippen LogP contribution in [0.25, 0.3) is 0 Å². The van der Waals surface area contributed by atoms with Crippen molar-refractivity contribution in [3.05, 3.63) is 44.7 Å². The maximum Gasteiger partial charge on any atom is 0.348 e. The van der Waals surface area contributed by atoms with Gasteiger partial charge in [0.05, 0.1) is 17.0 Å². The average Bonchev–Trinajstić information content (AvgIpc) is 3.09. The van der Waals surface area contributed by atoms with Crippen molar-refractivity contribution >= 4 is 69.7 Å². The number of halogens is 2. The highest BCUT2D eigenvalue weighted by Gasteiger charge is 2.38. The Hall–Kier alpha value is -2.52. The molecule has 0 aromatic carbocycles. The molecule has 0 radical (unpaired) electrons. The molecule has 16 nitrogen and oxygen atoms in total. The number of anilines is 3. The number of methoxy groups -OCH3 is 4. The highest BCUT2D eigenvalue weighted by Crippen LogP contribution is 2.34. The summed E-state index contributed by atoms with van der Waals surface area (Å²) in [7, 11) is 6.03. The molecule has 0 saturated heterocycles. The molecule has 6 N–H and O–H groups in total. The third-order valence-corrected chi connectivity index (χ3v) is 10.2. The average molecular weight is 812 g/mol. The normalized spacial score (nSPS) is 24.9. The first-order valence-corrected chi connectivity index (χ1v) is 18.3. The number of hydrogen-bond acceptors (Lipinski definition) is 17. The first-order valence-electron chi connectivity index (χ1n) is 15.6. The molecule has 4 rings (SSSR count). The minimum atomic E-state index is -0.845. The van der Waals surface area contributed by atoms with Crippen molar-refractivity contribution in [2.45, 2.75) is 101 Å². The van der Waals surface area contributed by atoms with Crippen LogP contribution < -0.4 is 16.4 Å². The molecule has 2 aromatic heterocycles. The van der Waals surface area contributed by atoms with E-state index < -0.39 is 53.3 Å². The van der Waals surface area contributed by atoms with Crippen LogP contribution in [0.3, 0.4) is 0 Å². The maximum absolute atomic E-state index is 11.4. The molecule has 0 spiro atoms. The van der Waals surface area contributed by atoms with Crippen LogP contribution >= 0.6 is 46.7 Å². The predicted molar refractivity (Wildman–Crippen MR) is 209 cm³/mol. The first-order chi connectivity index (χ1) is 23.9. The second-order valence-electron chi connectivity index (χ2n) is 10.9. The molecule has 0 bridgehead atoms. The molecule has 2 heterocycles. The molecule has 0 saturated carbocycles. The summed E-state index contributed by atoms with van der Waals surface area (Å²) in [6, 6.07) is -0.789. The van der Waals surface area contributed by atoms with Crippen molar-refractivity contribution in [3.63, 3.8) is 0 Å². The highest BCUT2D eigenvalue weighted by molar-refractivity contribution is 7.99. The van der Waals surface area contributed by atoms with Crippen molar-refractivity contribution < 1.29 is 34.1 Å². The Kier molecular flexibility index (Phi) is 21.3. The molecule has 2 aromatic rings. The summed E-state index contributed by atoms with van der Waals surface area (Å²) in [6.45, 7) is 4.09. The number of thioether (sulfide) groups is 2. The number of nitrogen functional groups attached to an aromatic ring is 1. The number of rotatable bonds is 15. The lowest BCUT2D eigenvalue weighted by atomic mass is 9.93. The molecule has 0 unspecified atom stereocenters. The van der Waals surface area contributed by atoms with Crippen molar-refractivity contribution in [1.29, 1.82) is 0 Å². The molecule has 0 amide bonds. The molecular formula is C32H52Cl2N8O8S2. The van der Waals surface area contributed by atoms with Gasteiger partial charge < -0.3 is 45.5 Å². The first kappa shape index (κ1) is 47.5. The second-order valence-corrected chi connectivity index (χ2v) is 13.7. The summed E-state index contributed by atoms with van der Waals surface area (Å²) in [6.07, 6.45) is 4.88. The third kappa shape index (κ3) is 12.3. The monoisotopic (exact) mass is 810 g/mol. The fraction of sp³-hybridized carbons (Fsp3) is 0.625. The zero-order valence-corrected chi connectivity index (χ0v) is 31.6. The van der Waals surface area contributed by atoms with Crippen molar-refractivity contribution in [1.82, 2.24) is 19.9 Å². The largest absolute Gasteiger partial charge is 0.393 e. The number of ether oxygens (including phenoxy) is 4. The topological polar surface area (TPSA) is 222 Å². The summed E-state index contributed by atoms with van der Waals surface area (Å²) in [4.78, 5) is 27.6. The van der Waals surface area contributed by atoms with Crippen LogP contribution in [0, 0.1) is 10.1 Å². The number of hydrogen-bond donors (Lipinski definition) is 5. The number of nitro groups is 1. The van der Waals surface area contributed by atoms with E-state index in [2.05, 4.69) is 37.5 Å². The number of aliphatic hydroxyl groups excluding tert-OH is 2. The summed E-state index contributed by atoms with van der Waals surface area (Å²) in [5, 5.41) is 38.5. The number of nitrogens with zero attached hydrogens (tertiary/aromatic N) is 5. The van der Waals surface area contributed by atoms with Gasteiger partial charge in [0, 0.05) is 39.9 Å². The Morgan fingerprint density at radius 3 is 1.56 bits per heavy atom. The Bertz CT molecular complexity index is 1480. The fourth-order valence-corrected chi connectivity index (χ4v) is 7.01. The standard InChI is InChI=1S/C15H21ClN4O5S.C15H23ClN4O3S.2CH4/c1-4-7-26-15-18-13(16)10(20(22)23)14(19-15)17-8-5-6-9(21)12(25-3)11(8)24-2;1-4-7-24-15-19-13(16)10(17)14(20-15)18-8-5-6-9(21)12(23-3)11(8)22-2;;/h5-6,8-9,11-12,21H,4,7H2,1-3H3,(H,17,18,19);5-6,8-9,11-12,21H,4,7,17H2,1-3H3,(H,18,19,20);2*1H4/t2*8-,9+,11+,12-;;/m11../s1. The van der Waals surface area contributed by atoms with E-state index in [0.29, 0.717) is 16.1 Å². The maximum atomic E-state index is 11.4. The van der Waals surface area contributed by atoms with E-state index >= 15 is 0 Å². The molecule has 20 heteroatoms. The fourth-order valence-electron chi connectivity index (χ4n) is 5.11. The third-order valence-electron chi connectivity index (χ3n) is 7.51. The molecule has 0 fully saturated rings. The van der Waals surface area contributed by atoms with E-state index in [1.807, 2.05) is 13.0 Å². The quantitative estimate of drug-likeness (QED) is 0.0374. The Labute approximate surface area is 324 Å². The van der Waals surface area contributed by atoms with Crippen LogP contribution in [0.15, 0.2) is 34.6 Å². The number of nitrogens with one attached hydrogen (secondary N) is 2. The van der Waals surface area contributed by atoms with Crippen LogP contribution in [0.1, 0.15) is 41.5 Å². The van der Waals surface area contributed by atoms with E-state index in [1.54, 1.807) is 25.3 Å². The van der Waals surface area contributed by atoms with Crippen molar-refractivity contribution in [3.8, 4) is 0 Å². The lowest BCUT2D eigenvalue weighted by Gasteiger charge is -2.36. The predicted octanol–water partition coefficient (Wildman–Crippen LogP) is 5.51. The SMILES string of the molecule is C.C.CCCSc1nc(Cl)c(N)c(N[C@@H]2C=C[C@H](O)[C@@H](OC)[C@H]2OC)n1.CCCSc1nc(Cl)c([N+](=O)[O-])c(N[C@@H]2C=C[C@H](O)[C@@H](OC)[C@H]2OC)n1. The van der Waals surface area contributed by atoms with Gasteiger partial charge in [-0.25, -0.2) is 15.0 Å². The molecular weight excluding hydrogens is 759 g/mol. The lowest BCUT2D eigenvalue weighted by Crippen LogP contribution is -2.51. The van der Waals surface area contributed by atoms with E-state index in [9.17, 15) is 20.3 Å². The van der Waals surface area contributed by atoms with Gasteiger partial charge in [0.1, 0.15) is 42.3 Å². The van der Waals surface area contributed by atoms with Crippen LogP contribution in [0.2, 0.25) is 10.3 Å². The summed E-state index contributed by atoms with van der Waals surface area (Å²) in [5.74, 6) is 2.09. The summed E-state index contributed by atoms with van der Waals surface area (Å²) < 4.78 is 21.6. The van der Waals surface area contributed by atoms with Crippen LogP contribution in [-0.4, -0.2) is 124 Å². The summed E-state index contributed by atoms with van der Waals surface area (Å²) in [5.41, 5.74) is 5.88. The van der Waals surface area contributed by atoms with Crippen LogP contribution in [0.5, 0.6) is 0 Å². The summed E-state index contributed by atoms with van der Waals surface area (Å²) >= 11 is 15.0. The lowest BCUT2D eigenvalue weighted by molar-refractivity contribution is -0.384. The molecule has 8 atom stereocenters. The van der Waals surface area contributed by atoms with E-state index in [-0.39, 0.29) is 42.7 Å². The van der Waals surface area contributed by atoms with Crippen molar-refractivity contribution in [2.24, 2.45) is 0 Å². The Morgan fingerprint density at radius 2 is 1.15 bits per heavy atom. The van der Waals surface area contributed by atoms with Gasteiger partial charge in [0.15, 0.2) is 21.3 Å². The molecule has 294 valence electrons. The highest BCUT2D eigenvalue weighted by atomic mass is 35.5. The van der Waals surface area contributed by atoms with Gasteiger partial charge in [-0.3, -0.25) is 10.1 Å². The van der Waals surface area contributed by atoms with Crippen LogP contribution in [0.4, 0.5) is 23.0 Å². The number of aromatic nitrogens is 4. The zero-order chi connectivity index (χ0) is 37.0. The van der Waals surface area contributed by atoms with Crippen LogP contribution in [-0.2, 0) is 18.9 Å². The molecule has 2 aliphatic carbocycles. The minimum Gasteiger partial charge on any atom is -0.393 e. The van der Waals surface area contributed by atoms with Gasteiger partial charge in [-0.05, 0) is 12.8 Å². The van der Waals surface area contributed by atoms with E-state index in [0.717, 1.165) is 24.3 Å². The van der Waals surface area contributed by atoms with Gasteiger partial charge in [0.2, 0.25) is 11.0 Å². The van der Waals surface area contributed by atoms with Gasteiger partial charge in [-0.1, -0.05) is 99.7 Å². The molecule has 52 heavy (non-hydrogen) atoms. The number of aliphatic hydroxyl groups is 2.